The molecule has 5 nitrogen and oxygen atoms in total. The first-order valence-electron chi connectivity index (χ1n) is 6.26. The number of halogens is 2. The first kappa shape index (κ1) is 15.7. The predicted octanol–water partition coefficient (Wildman–Crippen LogP) is 2.71. The van der Waals surface area contributed by atoms with Crippen molar-refractivity contribution in [1.29, 1.82) is 0 Å². The van der Waals surface area contributed by atoms with Gasteiger partial charge in [-0.15, -0.1) is 0 Å². The molecule has 1 atom stereocenters. The number of likely N-dealkylation sites (N-methyl/N-ethyl adjacent to an activating group) is 1. The van der Waals surface area contributed by atoms with Crippen molar-refractivity contribution in [1.82, 2.24) is 15.5 Å². The van der Waals surface area contributed by atoms with Crippen molar-refractivity contribution in [3.8, 4) is 0 Å². The minimum Gasteiger partial charge on any atom is -0.345 e. The van der Waals surface area contributed by atoms with Crippen LogP contribution in [0, 0.1) is 0 Å². The summed E-state index contributed by atoms with van der Waals surface area (Å²) < 4.78 is 0. The second kappa shape index (κ2) is 5.95. The molecule has 2 N–H and O–H groups in total. The Balaban J connectivity index is 2.58. The summed E-state index contributed by atoms with van der Waals surface area (Å²) in [6, 6.07) is 4.09. The zero-order chi connectivity index (χ0) is 15.7. The summed E-state index contributed by atoms with van der Waals surface area (Å²) in [6.45, 7) is 1.68. The standard InChI is InChI=1S/C14H15Cl2N3O2/c1-7-10(13(20)19(2)3)12(18-14(21)17-7)8-5-4-6-9(15)11(8)16/h4-6,12H,1-3H3,(H2,17,18,21)/t12-/m1/s1. The molecule has 2 rings (SSSR count). The van der Waals surface area contributed by atoms with E-state index in [0.717, 1.165) is 0 Å². The zero-order valence-electron chi connectivity index (χ0n) is 11.8. The summed E-state index contributed by atoms with van der Waals surface area (Å²) in [5.74, 6) is -0.207. The van der Waals surface area contributed by atoms with Gasteiger partial charge in [0.05, 0.1) is 21.7 Å². The van der Waals surface area contributed by atoms with Gasteiger partial charge >= 0.3 is 6.03 Å². The van der Waals surface area contributed by atoms with E-state index in [0.29, 0.717) is 26.9 Å². The number of carbonyl (C=O) groups excluding carboxylic acids is 2. The van der Waals surface area contributed by atoms with Crippen LogP contribution in [0.5, 0.6) is 0 Å². The number of rotatable bonds is 2. The minimum absolute atomic E-state index is 0.207. The summed E-state index contributed by atoms with van der Waals surface area (Å²) in [7, 11) is 3.30. The highest BCUT2D eigenvalue weighted by molar-refractivity contribution is 6.42. The fourth-order valence-electron chi connectivity index (χ4n) is 2.19. The summed E-state index contributed by atoms with van der Waals surface area (Å²) in [5.41, 5.74) is 1.52. The molecule has 112 valence electrons. The Hall–Kier alpha value is -1.72. The SMILES string of the molecule is CC1=C(C(=O)N(C)C)[C@@H](c2cccc(Cl)c2Cl)NC(=O)N1. The number of allylic oxidation sites excluding steroid dienone is 1. The number of amides is 3. The molecule has 0 spiro atoms. The Kier molecular flexibility index (Phi) is 4.44. The first-order chi connectivity index (χ1) is 9.82. The molecular formula is C14H15Cl2N3O2. The third kappa shape index (κ3) is 2.99. The topological polar surface area (TPSA) is 61.4 Å². The van der Waals surface area contributed by atoms with E-state index in [1.54, 1.807) is 39.2 Å². The molecule has 1 heterocycles. The van der Waals surface area contributed by atoms with Crippen LogP contribution in [0.2, 0.25) is 10.0 Å². The Morgan fingerprint density at radius 1 is 1.29 bits per heavy atom. The lowest BCUT2D eigenvalue weighted by Gasteiger charge is -2.30. The van der Waals surface area contributed by atoms with Crippen molar-refractivity contribution in [3.63, 3.8) is 0 Å². The van der Waals surface area contributed by atoms with Gasteiger partial charge in [0.25, 0.3) is 5.91 Å². The van der Waals surface area contributed by atoms with Crippen molar-refractivity contribution < 1.29 is 9.59 Å². The van der Waals surface area contributed by atoms with E-state index < -0.39 is 6.04 Å². The van der Waals surface area contributed by atoms with Crippen molar-refractivity contribution >= 4 is 35.1 Å². The first-order valence-corrected chi connectivity index (χ1v) is 7.02. The maximum atomic E-state index is 12.4. The van der Waals surface area contributed by atoms with E-state index in [4.69, 9.17) is 23.2 Å². The largest absolute Gasteiger partial charge is 0.345 e. The van der Waals surface area contributed by atoms with Gasteiger partial charge in [-0.25, -0.2) is 4.79 Å². The molecule has 3 amide bonds. The Labute approximate surface area is 132 Å². The van der Waals surface area contributed by atoms with Gasteiger partial charge < -0.3 is 15.5 Å². The minimum atomic E-state index is -0.639. The second-order valence-electron chi connectivity index (χ2n) is 4.91. The predicted molar refractivity (Wildman–Crippen MR) is 82.3 cm³/mol. The van der Waals surface area contributed by atoms with Crippen molar-refractivity contribution in [2.24, 2.45) is 0 Å². The van der Waals surface area contributed by atoms with Crippen molar-refractivity contribution in [2.75, 3.05) is 14.1 Å². The summed E-state index contributed by atoms with van der Waals surface area (Å²) in [5, 5.41) is 6.02. The molecule has 0 aliphatic carbocycles. The Morgan fingerprint density at radius 2 is 1.95 bits per heavy atom. The van der Waals surface area contributed by atoms with Crippen LogP contribution in [0.3, 0.4) is 0 Å². The molecule has 0 saturated carbocycles. The fourth-order valence-corrected chi connectivity index (χ4v) is 2.61. The van der Waals surface area contributed by atoms with E-state index >= 15 is 0 Å². The summed E-state index contributed by atoms with van der Waals surface area (Å²) >= 11 is 12.2. The van der Waals surface area contributed by atoms with E-state index in [1.165, 1.54) is 4.90 Å². The molecule has 1 aliphatic heterocycles. The van der Waals surface area contributed by atoms with Crippen LogP contribution in [0.15, 0.2) is 29.5 Å². The average Bonchev–Trinajstić information content (AvgIpc) is 2.40. The van der Waals surface area contributed by atoms with Crippen LogP contribution in [-0.2, 0) is 4.79 Å². The zero-order valence-corrected chi connectivity index (χ0v) is 13.3. The number of nitrogens with one attached hydrogen (secondary N) is 2. The van der Waals surface area contributed by atoms with Gasteiger partial charge in [0.15, 0.2) is 0 Å². The van der Waals surface area contributed by atoms with E-state index in [1.807, 2.05) is 0 Å². The highest BCUT2D eigenvalue weighted by Gasteiger charge is 2.33. The number of hydrogen-bond acceptors (Lipinski definition) is 2. The Morgan fingerprint density at radius 3 is 2.57 bits per heavy atom. The van der Waals surface area contributed by atoms with Gasteiger partial charge in [-0.2, -0.15) is 0 Å². The van der Waals surface area contributed by atoms with Gasteiger partial charge in [0.2, 0.25) is 0 Å². The summed E-state index contributed by atoms with van der Waals surface area (Å²) in [4.78, 5) is 25.6. The molecule has 0 bridgehead atoms. The van der Waals surface area contributed by atoms with Crippen LogP contribution in [-0.4, -0.2) is 30.9 Å². The number of urea groups is 1. The molecule has 1 aromatic carbocycles. The van der Waals surface area contributed by atoms with Crippen LogP contribution in [0.4, 0.5) is 4.79 Å². The Bertz CT molecular complexity index is 641. The van der Waals surface area contributed by atoms with Crippen LogP contribution >= 0.6 is 23.2 Å². The number of nitrogens with zero attached hydrogens (tertiary/aromatic N) is 1. The number of benzene rings is 1. The molecule has 0 unspecified atom stereocenters. The monoisotopic (exact) mass is 327 g/mol. The van der Waals surface area contributed by atoms with Crippen molar-refractivity contribution in [2.45, 2.75) is 13.0 Å². The normalized spacial score (nSPS) is 18.1. The number of carbonyl (C=O) groups is 2. The fraction of sp³-hybridized carbons (Fsp3) is 0.286. The summed E-state index contributed by atoms with van der Waals surface area (Å²) in [6.07, 6.45) is 0. The van der Waals surface area contributed by atoms with E-state index in [-0.39, 0.29) is 11.9 Å². The maximum absolute atomic E-state index is 12.4. The highest BCUT2D eigenvalue weighted by atomic mass is 35.5. The van der Waals surface area contributed by atoms with E-state index in [9.17, 15) is 9.59 Å². The lowest BCUT2D eigenvalue weighted by molar-refractivity contribution is -0.125. The smallest absolute Gasteiger partial charge is 0.319 e. The molecule has 21 heavy (non-hydrogen) atoms. The van der Waals surface area contributed by atoms with Crippen molar-refractivity contribution in [3.05, 3.63) is 45.1 Å². The molecule has 0 aromatic heterocycles. The maximum Gasteiger partial charge on any atom is 0.319 e. The highest BCUT2D eigenvalue weighted by Crippen LogP contribution is 2.35. The van der Waals surface area contributed by atoms with E-state index in [2.05, 4.69) is 10.6 Å². The van der Waals surface area contributed by atoms with Gasteiger partial charge in [-0.05, 0) is 18.6 Å². The number of hydrogen-bond donors (Lipinski definition) is 2. The lowest BCUT2D eigenvalue weighted by atomic mass is 9.94. The molecule has 1 aliphatic rings. The molecule has 0 radical (unpaired) electrons. The van der Waals surface area contributed by atoms with Crippen LogP contribution in [0.25, 0.3) is 0 Å². The van der Waals surface area contributed by atoms with Gasteiger partial charge in [0.1, 0.15) is 0 Å². The van der Waals surface area contributed by atoms with Crippen LogP contribution < -0.4 is 10.6 Å². The molecular weight excluding hydrogens is 313 g/mol. The van der Waals surface area contributed by atoms with Gasteiger partial charge in [-0.1, -0.05) is 35.3 Å². The molecule has 7 heteroatoms. The quantitative estimate of drug-likeness (QED) is 0.877. The molecule has 0 saturated heterocycles. The lowest BCUT2D eigenvalue weighted by Crippen LogP contribution is -2.46. The third-order valence-electron chi connectivity index (χ3n) is 3.20. The van der Waals surface area contributed by atoms with Crippen LogP contribution in [0.1, 0.15) is 18.5 Å². The van der Waals surface area contributed by atoms with Gasteiger partial charge in [-0.3, -0.25) is 4.79 Å². The van der Waals surface area contributed by atoms with Gasteiger partial charge in [0, 0.05) is 19.8 Å². The molecule has 0 fully saturated rings. The molecule has 1 aromatic rings. The third-order valence-corrected chi connectivity index (χ3v) is 4.03. The average molecular weight is 328 g/mol. The second-order valence-corrected chi connectivity index (χ2v) is 5.70.